The van der Waals surface area contributed by atoms with Crippen LogP contribution in [0.2, 0.25) is 5.28 Å². The number of hydrogen-bond donors (Lipinski definition) is 1. The van der Waals surface area contributed by atoms with Gasteiger partial charge in [0.05, 0.1) is 4.90 Å². The van der Waals surface area contributed by atoms with Crippen LogP contribution >= 0.6 is 11.6 Å². The van der Waals surface area contributed by atoms with E-state index in [0.717, 1.165) is 6.07 Å². The number of nitrogens with one attached hydrogen (secondary N) is 1. The zero-order chi connectivity index (χ0) is 25.2. The van der Waals surface area contributed by atoms with Gasteiger partial charge in [0.25, 0.3) is 5.91 Å². The van der Waals surface area contributed by atoms with Crippen molar-refractivity contribution >= 4 is 39.0 Å². The average Bonchev–Trinajstić information content (AvgIpc) is 2.84. The predicted molar refractivity (Wildman–Crippen MR) is 124 cm³/mol. The van der Waals surface area contributed by atoms with Gasteiger partial charge in [0.15, 0.2) is 5.69 Å². The van der Waals surface area contributed by atoms with Crippen molar-refractivity contribution < 1.29 is 26.4 Å². The van der Waals surface area contributed by atoms with Crippen LogP contribution in [0.3, 0.4) is 0 Å². The molecule has 0 spiro atoms. The van der Waals surface area contributed by atoms with E-state index in [4.69, 9.17) is 11.6 Å². The molecular weight excluding hydrogens is 507 g/mol. The highest BCUT2D eigenvalue weighted by molar-refractivity contribution is 7.89. The lowest BCUT2D eigenvalue weighted by atomic mass is 10.2. The lowest BCUT2D eigenvalue weighted by Crippen LogP contribution is -2.49. The molecule has 1 fully saturated rings. The van der Waals surface area contributed by atoms with E-state index in [1.807, 2.05) is 0 Å². The molecule has 35 heavy (non-hydrogen) atoms. The number of hydrogen-bond acceptors (Lipinski definition) is 6. The molecule has 13 heteroatoms. The summed E-state index contributed by atoms with van der Waals surface area (Å²) >= 11 is 5.65. The SMILES string of the molecule is O=C(Nc1ccc(S(=O)(=O)N2CCN(c3cc(C(F)(F)F)nc(Cl)n3)CC2)cc1)c1ccccc1. The van der Waals surface area contributed by atoms with Crippen molar-refractivity contribution in [3.8, 4) is 0 Å². The van der Waals surface area contributed by atoms with Crippen LogP contribution in [-0.2, 0) is 16.2 Å². The predicted octanol–water partition coefficient (Wildman–Crippen LogP) is 3.91. The van der Waals surface area contributed by atoms with Crippen LogP contribution in [0.15, 0.2) is 65.6 Å². The summed E-state index contributed by atoms with van der Waals surface area (Å²) < 4.78 is 66.4. The molecule has 0 unspecified atom stereocenters. The number of benzene rings is 2. The molecule has 8 nitrogen and oxygen atoms in total. The van der Waals surface area contributed by atoms with Gasteiger partial charge in [-0.15, -0.1) is 0 Å². The lowest BCUT2D eigenvalue weighted by molar-refractivity contribution is -0.141. The Morgan fingerprint density at radius 1 is 0.943 bits per heavy atom. The fourth-order valence-electron chi connectivity index (χ4n) is 3.52. The second-order valence-electron chi connectivity index (χ2n) is 7.61. The highest BCUT2D eigenvalue weighted by Crippen LogP contribution is 2.31. The molecule has 1 aliphatic heterocycles. The number of carbonyl (C=O) groups is 1. The summed E-state index contributed by atoms with van der Waals surface area (Å²) in [6.07, 6.45) is -4.68. The quantitative estimate of drug-likeness (QED) is 0.507. The zero-order valence-corrected chi connectivity index (χ0v) is 19.6. The Morgan fingerprint density at radius 3 is 2.17 bits per heavy atom. The van der Waals surface area contributed by atoms with Gasteiger partial charge in [-0.2, -0.15) is 17.5 Å². The van der Waals surface area contributed by atoms with Crippen LogP contribution < -0.4 is 10.2 Å². The van der Waals surface area contributed by atoms with Crippen LogP contribution in [0.4, 0.5) is 24.7 Å². The molecule has 0 aliphatic carbocycles. The third-order valence-electron chi connectivity index (χ3n) is 5.32. The average molecular weight is 526 g/mol. The van der Waals surface area contributed by atoms with Gasteiger partial charge in [0.1, 0.15) is 5.82 Å². The number of rotatable bonds is 5. The zero-order valence-electron chi connectivity index (χ0n) is 18.0. The Bertz CT molecular complexity index is 1310. The first kappa shape index (κ1) is 24.9. The molecule has 3 aromatic rings. The van der Waals surface area contributed by atoms with Crippen LogP contribution in [0, 0.1) is 0 Å². The minimum atomic E-state index is -4.68. The smallest absolute Gasteiger partial charge is 0.354 e. The maximum absolute atomic E-state index is 13.0. The molecule has 2 aromatic carbocycles. The second kappa shape index (κ2) is 9.80. The number of alkyl halides is 3. The summed E-state index contributed by atoms with van der Waals surface area (Å²) in [4.78, 5) is 20.9. The minimum absolute atomic E-state index is 0.0205. The molecule has 0 radical (unpaired) electrons. The molecule has 0 bridgehead atoms. The van der Waals surface area contributed by atoms with Gasteiger partial charge in [0.2, 0.25) is 15.3 Å². The molecule has 2 heterocycles. The van der Waals surface area contributed by atoms with E-state index >= 15 is 0 Å². The van der Waals surface area contributed by atoms with Crippen molar-refractivity contribution in [2.75, 3.05) is 36.4 Å². The fraction of sp³-hybridized carbons (Fsp3) is 0.227. The van der Waals surface area contributed by atoms with Gasteiger partial charge >= 0.3 is 6.18 Å². The Kier molecular flexibility index (Phi) is 6.97. The Hall–Kier alpha value is -3.22. The van der Waals surface area contributed by atoms with E-state index in [0.29, 0.717) is 11.3 Å². The van der Waals surface area contributed by atoms with Gasteiger partial charge in [-0.05, 0) is 48.0 Å². The first-order valence-electron chi connectivity index (χ1n) is 10.4. The molecule has 4 rings (SSSR count). The largest absolute Gasteiger partial charge is 0.433 e. The van der Waals surface area contributed by atoms with E-state index in [9.17, 15) is 26.4 Å². The number of piperazine rings is 1. The van der Waals surface area contributed by atoms with Crippen molar-refractivity contribution in [1.82, 2.24) is 14.3 Å². The summed E-state index contributed by atoms with van der Waals surface area (Å²) in [7, 11) is -3.85. The van der Waals surface area contributed by atoms with Crippen molar-refractivity contribution in [1.29, 1.82) is 0 Å². The third-order valence-corrected chi connectivity index (χ3v) is 7.41. The van der Waals surface area contributed by atoms with Crippen LogP contribution in [0.5, 0.6) is 0 Å². The second-order valence-corrected chi connectivity index (χ2v) is 9.89. The molecular formula is C22H19ClF3N5O3S. The van der Waals surface area contributed by atoms with Crippen molar-refractivity contribution in [2.45, 2.75) is 11.1 Å². The van der Waals surface area contributed by atoms with E-state index in [1.165, 1.54) is 33.5 Å². The van der Waals surface area contributed by atoms with Gasteiger partial charge < -0.3 is 10.2 Å². The maximum Gasteiger partial charge on any atom is 0.433 e. The highest BCUT2D eigenvalue weighted by Gasteiger charge is 2.35. The molecule has 184 valence electrons. The Morgan fingerprint density at radius 2 is 1.57 bits per heavy atom. The van der Waals surface area contributed by atoms with Crippen LogP contribution in [-0.4, -0.2) is 54.8 Å². The lowest BCUT2D eigenvalue weighted by Gasteiger charge is -2.34. The molecule has 1 aliphatic rings. The Labute approximate surface area is 204 Å². The van der Waals surface area contributed by atoms with Crippen molar-refractivity contribution in [3.63, 3.8) is 0 Å². The first-order chi connectivity index (χ1) is 16.5. The van der Waals surface area contributed by atoms with Gasteiger partial charge in [-0.25, -0.2) is 18.4 Å². The van der Waals surface area contributed by atoms with Crippen molar-refractivity contribution in [2.24, 2.45) is 0 Å². The molecule has 1 amide bonds. The number of amides is 1. The highest BCUT2D eigenvalue weighted by atomic mass is 35.5. The van der Waals surface area contributed by atoms with Crippen molar-refractivity contribution in [3.05, 3.63) is 77.2 Å². The number of anilines is 2. The number of aromatic nitrogens is 2. The molecule has 0 saturated carbocycles. The number of halogens is 4. The van der Waals surface area contributed by atoms with Crippen LogP contribution in [0.25, 0.3) is 0 Å². The normalized spacial score (nSPS) is 15.1. The standard InChI is InChI=1S/C22H19ClF3N5O3S/c23-21-28-18(22(24,25)26)14-19(29-21)30-10-12-31(13-11-30)35(33,34)17-8-6-16(7-9-17)27-20(32)15-4-2-1-3-5-15/h1-9,14H,10-13H2,(H,27,32). The summed E-state index contributed by atoms with van der Waals surface area (Å²) in [5.74, 6) is -0.344. The van der Waals surface area contributed by atoms with E-state index in [2.05, 4.69) is 15.3 Å². The maximum atomic E-state index is 13.0. The summed E-state index contributed by atoms with van der Waals surface area (Å²) in [6, 6.07) is 15.1. The topological polar surface area (TPSA) is 95.5 Å². The molecule has 1 aromatic heterocycles. The number of nitrogens with zero attached hydrogens (tertiary/aromatic N) is 4. The Balaban J connectivity index is 1.42. The first-order valence-corrected chi connectivity index (χ1v) is 12.2. The van der Waals surface area contributed by atoms with Gasteiger partial charge in [-0.1, -0.05) is 18.2 Å². The van der Waals surface area contributed by atoms with Gasteiger partial charge in [-0.3, -0.25) is 4.79 Å². The molecule has 0 atom stereocenters. The van der Waals surface area contributed by atoms with E-state index in [1.54, 1.807) is 30.3 Å². The van der Waals surface area contributed by atoms with E-state index < -0.39 is 27.2 Å². The third kappa shape index (κ3) is 5.72. The summed E-state index contributed by atoms with van der Waals surface area (Å²) in [6.45, 7) is 0.319. The fourth-order valence-corrected chi connectivity index (χ4v) is 5.12. The monoisotopic (exact) mass is 525 g/mol. The molecule has 1 saturated heterocycles. The minimum Gasteiger partial charge on any atom is -0.354 e. The van der Waals surface area contributed by atoms with E-state index in [-0.39, 0.29) is 42.8 Å². The number of carbonyl (C=O) groups excluding carboxylic acids is 1. The summed E-state index contributed by atoms with van der Waals surface area (Å²) in [5.41, 5.74) is -0.264. The van der Waals surface area contributed by atoms with Crippen LogP contribution in [0.1, 0.15) is 16.1 Å². The number of sulfonamides is 1. The molecule has 1 N–H and O–H groups in total. The van der Waals surface area contributed by atoms with Gasteiger partial charge in [0, 0.05) is 43.5 Å². The summed E-state index contributed by atoms with van der Waals surface area (Å²) in [5, 5.41) is 2.17.